The Morgan fingerprint density at radius 3 is 3.10 bits per heavy atom. The fourth-order valence-electron chi connectivity index (χ4n) is 3.93. The first-order chi connectivity index (χ1) is 10.3. The highest BCUT2D eigenvalue weighted by atomic mass is 16.5. The topological polar surface area (TPSA) is 37.0 Å². The number of nitrogens with one attached hydrogen (secondary N) is 2. The summed E-state index contributed by atoms with van der Waals surface area (Å²) in [6.07, 6.45) is 6.05. The van der Waals surface area contributed by atoms with Crippen LogP contribution in [0.3, 0.4) is 0 Å². The van der Waals surface area contributed by atoms with Gasteiger partial charge in [0, 0.05) is 35.8 Å². The largest absolute Gasteiger partial charge is 0.374 e. The van der Waals surface area contributed by atoms with Crippen molar-refractivity contribution < 1.29 is 4.74 Å². The van der Waals surface area contributed by atoms with E-state index in [1.54, 1.807) is 0 Å². The summed E-state index contributed by atoms with van der Waals surface area (Å²) < 4.78 is 5.91. The molecule has 21 heavy (non-hydrogen) atoms. The number of benzene rings is 1. The molecule has 0 saturated carbocycles. The average Bonchev–Trinajstić information content (AvgIpc) is 3.10. The van der Waals surface area contributed by atoms with Gasteiger partial charge in [0.15, 0.2) is 0 Å². The number of hydrogen-bond acceptors (Lipinski definition) is 2. The molecule has 0 radical (unpaired) electrons. The highest BCUT2D eigenvalue weighted by molar-refractivity contribution is 5.85. The minimum Gasteiger partial charge on any atom is -0.374 e. The lowest BCUT2D eigenvalue weighted by molar-refractivity contribution is 0.0182. The first kappa shape index (κ1) is 13.4. The zero-order valence-electron chi connectivity index (χ0n) is 12.7. The molecule has 3 heteroatoms. The Kier molecular flexibility index (Phi) is 3.27. The molecule has 3 nitrogen and oxygen atoms in total. The summed E-state index contributed by atoms with van der Waals surface area (Å²) >= 11 is 0. The van der Waals surface area contributed by atoms with Crippen LogP contribution in [0.5, 0.6) is 0 Å². The smallest absolute Gasteiger partial charge is 0.0779 e. The molecular formula is C18H24N2O. The third-order valence-electron chi connectivity index (χ3n) is 5.14. The zero-order chi connectivity index (χ0) is 14.3. The molecule has 0 spiro atoms. The van der Waals surface area contributed by atoms with Crippen molar-refractivity contribution in [3.05, 3.63) is 35.5 Å². The highest BCUT2D eigenvalue weighted by Crippen LogP contribution is 2.35. The monoisotopic (exact) mass is 284 g/mol. The Morgan fingerprint density at radius 1 is 1.33 bits per heavy atom. The van der Waals surface area contributed by atoms with Crippen molar-refractivity contribution >= 4 is 10.9 Å². The van der Waals surface area contributed by atoms with Crippen LogP contribution in [0.1, 0.15) is 49.9 Å². The van der Waals surface area contributed by atoms with Crippen LogP contribution in [0.4, 0.5) is 0 Å². The van der Waals surface area contributed by atoms with Gasteiger partial charge in [-0.15, -0.1) is 0 Å². The van der Waals surface area contributed by atoms with E-state index in [2.05, 4.69) is 41.5 Å². The van der Waals surface area contributed by atoms with E-state index < -0.39 is 0 Å². The van der Waals surface area contributed by atoms with Crippen LogP contribution in [-0.2, 0) is 11.2 Å². The normalized spacial score (nSPS) is 28.9. The minimum absolute atomic E-state index is 0.0314. The van der Waals surface area contributed by atoms with E-state index in [1.807, 2.05) is 0 Å². The predicted octanol–water partition coefficient (Wildman–Crippen LogP) is 3.70. The van der Waals surface area contributed by atoms with E-state index in [0.717, 1.165) is 13.2 Å². The lowest BCUT2D eigenvalue weighted by Crippen LogP contribution is -2.39. The van der Waals surface area contributed by atoms with Crippen molar-refractivity contribution in [1.29, 1.82) is 0 Å². The molecule has 112 valence electrons. The van der Waals surface area contributed by atoms with Gasteiger partial charge in [0.1, 0.15) is 0 Å². The first-order valence-corrected chi connectivity index (χ1v) is 8.22. The Bertz CT molecular complexity index is 640. The molecule has 2 atom stereocenters. The van der Waals surface area contributed by atoms with Crippen molar-refractivity contribution in [3.8, 4) is 0 Å². The Balaban J connectivity index is 1.58. The molecule has 1 saturated heterocycles. The maximum atomic E-state index is 5.91. The molecular weight excluding hydrogens is 260 g/mol. The molecule has 2 unspecified atom stereocenters. The third kappa shape index (κ3) is 2.39. The zero-order valence-corrected chi connectivity index (χ0v) is 12.7. The van der Waals surface area contributed by atoms with Gasteiger partial charge in [0.2, 0.25) is 0 Å². The summed E-state index contributed by atoms with van der Waals surface area (Å²) in [6, 6.07) is 9.13. The number of H-pyrrole nitrogens is 1. The van der Waals surface area contributed by atoms with E-state index in [-0.39, 0.29) is 5.60 Å². The summed E-state index contributed by atoms with van der Waals surface area (Å²) in [4.78, 5) is 3.65. The van der Waals surface area contributed by atoms with Crippen molar-refractivity contribution in [1.82, 2.24) is 10.3 Å². The van der Waals surface area contributed by atoms with Gasteiger partial charge in [-0.2, -0.15) is 0 Å². The molecule has 1 aromatic heterocycles. The molecule has 2 heterocycles. The summed E-state index contributed by atoms with van der Waals surface area (Å²) in [5.41, 5.74) is 4.24. The Morgan fingerprint density at radius 2 is 2.24 bits per heavy atom. The minimum atomic E-state index is 0.0314. The number of fused-ring (bicyclic) bond motifs is 3. The lowest BCUT2D eigenvalue weighted by Gasteiger charge is -2.29. The van der Waals surface area contributed by atoms with Crippen molar-refractivity contribution in [3.63, 3.8) is 0 Å². The molecule has 2 aromatic rings. The molecule has 1 aliphatic heterocycles. The molecule has 2 aliphatic rings. The van der Waals surface area contributed by atoms with Gasteiger partial charge < -0.3 is 15.0 Å². The molecule has 1 aromatic carbocycles. The fourth-order valence-corrected chi connectivity index (χ4v) is 3.93. The Labute approximate surface area is 126 Å². The summed E-state index contributed by atoms with van der Waals surface area (Å²) in [5, 5.41) is 5.17. The number of rotatable bonds is 3. The van der Waals surface area contributed by atoms with Crippen LogP contribution in [-0.4, -0.2) is 23.7 Å². The van der Waals surface area contributed by atoms with Crippen molar-refractivity contribution in [2.45, 2.75) is 50.7 Å². The van der Waals surface area contributed by atoms with Gasteiger partial charge in [-0.25, -0.2) is 0 Å². The molecule has 1 aliphatic carbocycles. The number of aryl methyl sites for hydroxylation is 1. The second-order valence-electron chi connectivity index (χ2n) is 6.79. The quantitative estimate of drug-likeness (QED) is 0.901. The van der Waals surface area contributed by atoms with E-state index in [4.69, 9.17) is 4.74 Å². The second-order valence-corrected chi connectivity index (χ2v) is 6.79. The fraction of sp³-hybridized carbons (Fsp3) is 0.556. The lowest BCUT2D eigenvalue weighted by atomic mass is 9.91. The van der Waals surface area contributed by atoms with Gasteiger partial charge in [-0.05, 0) is 50.7 Å². The number of aromatic amines is 1. The maximum absolute atomic E-state index is 5.91. The van der Waals surface area contributed by atoms with Gasteiger partial charge in [-0.3, -0.25) is 0 Å². The van der Waals surface area contributed by atoms with Gasteiger partial charge in [-0.1, -0.05) is 18.2 Å². The Hall–Kier alpha value is -1.32. The average molecular weight is 284 g/mol. The summed E-state index contributed by atoms with van der Waals surface area (Å²) in [6.45, 7) is 4.11. The van der Waals surface area contributed by atoms with Gasteiger partial charge in [0.05, 0.1) is 5.60 Å². The standard InChI is InChI=1S/C18H24N2O/c1-18(10-5-11-21-18)12-19-16-9-4-7-14-13-6-2-3-8-15(13)20-17(14)16/h2-3,6,8,16,19-20H,4-5,7,9-12H2,1H3. The van der Waals surface area contributed by atoms with E-state index in [0.29, 0.717) is 6.04 Å². The van der Waals surface area contributed by atoms with E-state index in [9.17, 15) is 0 Å². The molecule has 1 fully saturated rings. The van der Waals surface area contributed by atoms with Crippen LogP contribution < -0.4 is 5.32 Å². The molecule has 2 N–H and O–H groups in total. The predicted molar refractivity (Wildman–Crippen MR) is 85.6 cm³/mol. The van der Waals surface area contributed by atoms with Crippen LogP contribution in [0.15, 0.2) is 24.3 Å². The number of ether oxygens (including phenoxy) is 1. The third-order valence-corrected chi connectivity index (χ3v) is 5.14. The van der Waals surface area contributed by atoms with Crippen molar-refractivity contribution in [2.75, 3.05) is 13.2 Å². The number of aromatic nitrogens is 1. The van der Waals surface area contributed by atoms with E-state index in [1.165, 1.54) is 54.3 Å². The highest BCUT2D eigenvalue weighted by Gasteiger charge is 2.32. The van der Waals surface area contributed by atoms with E-state index >= 15 is 0 Å². The second kappa shape index (κ2) is 5.15. The SMILES string of the molecule is CC1(CNC2CCCc3c2[nH]c2ccccc32)CCCO1. The molecule has 0 amide bonds. The molecule has 0 bridgehead atoms. The summed E-state index contributed by atoms with van der Waals surface area (Å²) in [7, 11) is 0. The molecule has 4 rings (SSSR count). The summed E-state index contributed by atoms with van der Waals surface area (Å²) in [5.74, 6) is 0. The maximum Gasteiger partial charge on any atom is 0.0779 e. The first-order valence-electron chi connectivity index (χ1n) is 8.22. The van der Waals surface area contributed by atoms with Gasteiger partial charge >= 0.3 is 0 Å². The number of para-hydroxylation sites is 1. The van der Waals surface area contributed by atoms with Crippen LogP contribution >= 0.6 is 0 Å². The van der Waals surface area contributed by atoms with Crippen molar-refractivity contribution in [2.24, 2.45) is 0 Å². The number of hydrogen-bond donors (Lipinski definition) is 2. The van der Waals surface area contributed by atoms with Crippen LogP contribution in [0.2, 0.25) is 0 Å². The van der Waals surface area contributed by atoms with Gasteiger partial charge in [0.25, 0.3) is 0 Å². The van der Waals surface area contributed by atoms with Crippen LogP contribution in [0, 0.1) is 0 Å². The van der Waals surface area contributed by atoms with Crippen LogP contribution in [0.25, 0.3) is 10.9 Å².